The number of likely N-dealkylation sites (tertiary alicyclic amines) is 1. The summed E-state index contributed by atoms with van der Waals surface area (Å²) in [6, 6.07) is 5.95. The molecule has 7 nitrogen and oxygen atoms in total. The van der Waals surface area contributed by atoms with Crippen molar-refractivity contribution in [1.29, 1.82) is 0 Å². The predicted octanol–water partition coefficient (Wildman–Crippen LogP) is 2.87. The number of hydrogen-bond donors (Lipinski definition) is 2. The Balaban J connectivity index is 1.69. The zero-order valence-corrected chi connectivity index (χ0v) is 18.4. The maximum absolute atomic E-state index is 12.7. The number of piperidine rings is 1. The Bertz CT molecular complexity index is 984. The molecule has 2 heterocycles. The van der Waals surface area contributed by atoms with Crippen LogP contribution in [0.15, 0.2) is 27.8 Å². The molecule has 1 fully saturated rings. The van der Waals surface area contributed by atoms with Gasteiger partial charge in [-0.05, 0) is 51.3 Å². The normalized spacial score (nSPS) is 19.8. The highest BCUT2D eigenvalue weighted by molar-refractivity contribution is 5.97. The number of hydrogen-bond acceptors (Lipinski definition) is 4. The Morgan fingerprint density at radius 3 is 2.57 bits per heavy atom. The molecular formula is C23H34N4O3. The van der Waals surface area contributed by atoms with Crippen LogP contribution in [0, 0.1) is 0 Å². The number of carbonyl (C=O) groups is 1. The number of aromatic amines is 1. The molecule has 0 radical (unpaired) electrons. The third kappa shape index (κ3) is 5.01. The standard InChI is InChI=1S/C23H34N4O3/c1-4-5-6-13-27-22(29)19-11-10-18(15-20(19)25-23(27)30)21(28)24-12-14-26-16(2)8-7-9-17(26)3/h10-11,15-17H,4-9,12-14H2,1-3H3,(H,24,28)(H,25,30)/t16-,17-/m0/s1. The summed E-state index contributed by atoms with van der Waals surface area (Å²) in [5.74, 6) is -0.192. The molecule has 0 saturated carbocycles. The third-order valence-electron chi connectivity index (χ3n) is 6.26. The average molecular weight is 415 g/mol. The van der Waals surface area contributed by atoms with Gasteiger partial charge in [0.25, 0.3) is 11.5 Å². The summed E-state index contributed by atoms with van der Waals surface area (Å²) >= 11 is 0. The topological polar surface area (TPSA) is 87.2 Å². The first-order valence-corrected chi connectivity index (χ1v) is 11.2. The van der Waals surface area contributed by atoms with E-state index in [-0.39, 0.29) is 11.5 Å². The highest BCUT2D eigenvalue weighted by Crippen LogP contribution is 2.21. The summed E-state index contributed by atoms with van der Waals surface area (Å²) < 4.78 is 1.25. The molecule has 30 heavy (non-hydrogen) atoms. The van der Waals surface area contributed by atoms with Gasteiger partial charge in [-0.3, -0.25) is 19.1 Å². The summed E-state index contributed by atoms with van der Waals surface area (Å²) in [7, 11) is 0. The van der Waals surface area contributed by atoms with Crippen LogP contribution < -0.4 is 16.6 Å². The molecule has 7 heteroatoms. The molecule has 0 spiro atoms. The minimum Gasteiger partial charge on any atom is -0.351 e. The molecule has 1 aromatic heterocycles. The number of nitrogens with zero attached hydrogens (tertiary/aromatic N) is 2. The van der Waals surface area contributed by atoms with E-state index in [1.54, 1.807) is 18.2 Å². The van der Waals surface area contributed by atoms with Crippen molar-refractivity contribution in [2.24, 2.45) is 0 Å². The second-order valence-corrected chi connectivity index (χ2v) is 8.48. The summed E-state index contributed by atoms with van der Waals surface area (Å²) in [6.07, 6.45) is 6.45. The minimum atomic E-state index is -0.422. The van der Waals surface area contributed by atoms with Crippen molar-refractivity contribution in [3.63, 3.8) is 0 Å². The van der Waals surface area contributed by atoms with E-state index in [9.17, 15) is 14.4 Å². The second kappa shape index (κ2) is 10.1. The summed E-state index contributed by atoms with van der Waals surface area (Å²) in [6.45, 7) is 8.36. The van der Waals surface area contributed by atoms with Gasteiger partial charge in [0, 0.05) is 37.3 Å². The fraction of sp³-hybridized carbons (Fsp3) is 0.609. The quantitative estimate of drug-likeness (QED) is 0.650. The monoisotopic (exact) mass is 414 g/mol. The number of rotatable bonds is 8. The SMILES string of the molecule is CCCCCn1c(=O)[nH]c2cc(C(=O)NCCN3[C@@H](C)CCC[C@@H]3C)ccc2c1=O. The van der Waals surface area contributed by atoms with Crippen LogP contribution >= 0.6 is 0 Å². The van der Waals surface area contributed by atoms with Gasteiger partial charge >= 0.3 is 5.69 Å². The van der Waals surface area contributed by atoms with E-state index in [0.717, 1.165) is 25.8 Å². The zero-order valence-electron chi connectivity index (χ0n) is 18.4. The maximum atomic E-state index is 12.7. The Morgan fingerprint density at radius 2 is 1.87 bits per heavy atom. The molecule has 164 valence electrons. The van der Waals surface area contributed by atoms with Gasteiger partial charge in [0.1, 0.15) is 0 Å². The lowest BCUT2D eigenvalue weighted by atomic mass is 9.98. The van der Waals surface area contributed by atoms with Crippen LogP contribution in [0.4, 0.5) is 0 Å². The van der Waals surface area contributed by atoms with Gasteiger partial charge in [-0.2, -0.15) is 0 Å². The first kappa shape index (κ1) is 22.3. The largest absolute Gasteiger partial charge is 0.351 e. The van der Waals surface area contributed by atoms with E-state index in [2.05, 4.69) is 36.0 Å². The van der Waals surface area contributed by atoms with Crippen LogP contribution in [0.5, 0.6) is 0 Å². The van der Waals surface area contributed by atoms with E-state index >= 15 is 0 Å². The number of aromatic nitrogens is 2. The molecule has 1 aliphatic heterocycles. The first-order chi connectivity index (χ1) is 14.4. The van der Waals surface area contributed by atoms with Crippen molar-refractivity contribution in [2.75, 3.05) is 13.1 Å². The molecule has 0 unspecified atom stereocenters. The van der Waals surface area contributed by atoms with Crippen molar-refractivity contribution < 1.29 is 4.79 Å². The second-order valence-electron chi connectivity index (χ2n) is 8.48. The fourth-order valence-corrected chi connectivity index (χ4v) is 4.43. The number of unbranched alkanes of at least 4 members (excludes halogenated alkanes) is 2. The molecule has 1 amide bonds. The van der Waals surface area contributed by atoms with Crippen LogP contribution in [0.2, 0.25) is 0 Å². The number of amides is 1. The Morgan fingerprint density at radius 1 is 1.13 bits per heavy atom. The minimum absolute atomic E-state index is 0.192. The van der Waals surface area contributed by atoms with Crippen LogP contribution in [-0.4, -0.2) is 45.5 Å². The van der Waals surface area contributed by atoms with Gasteiger partial charge in [-0.15, -0.1) is 0 Å². The molecule has 1 aromatic carbocycles. The molecule has 2 aromatic rings. The van der Waals surface area contributed by atoms with E-state index in [4.69, 9.17) is 0 Å². The summed E-state index contributed by atoms with van der Waals surface area (Å²) in [5.41, 5.74) is 0.128. The Labute approximate surface area is 177 Å². The molecule has 3 rings (SSSR count). The van der Waals surface area contributed by atoms with E-state index in [1.807, 2.05) is 0 Å². The van der Waals surface area contributed by atoms with Crippen molar-refractivity contribution in [3.05, 3.63) is 44.6 Å². The molecule has 1 saturated heterocycles. The van der Waals surface area contributed by atoms with Crippen LogP contribution in [-0.2, 0) is 6.54 Å². The summed E-state index contributed by atoms with van der Waals surface area (Å²) in [5, 5.41) is 3.40. The van der Waals surface area contributed by atoms with Gasteiger partial charge in [0.15, 0.2) is 0 Å². The van der Waals surface area contributed by atoms with E-state index in [0.29, 0.717) is 41.6 Å². The number of H-pyrrole nitrogens is 1. The van der Waals surface area contributed by atoms with Crippen molar-refractivity contribution in [1.82, 2.24) is 19.8 Å². The zero-order chi connectivity index (χ0) is 21.7. The molecule has 0 bridgehead atoms. The Kier molecular flexibility index (Phi) is 7.48. The highest BCUT2D eigenvalue weighted by atomic mass is 16.2. The van der Waals surface area contributed by atoms with Crippen molar-refractivity contribution in [2.45, 2.75) is 77.9 Å². The number of fused-ring (bicyclic) bond motifs is 1. The lowest BCUT2D eigenvalue weighted by molar-refractivity contribution is 0.0889. The fourth-order valence-electron chi connectivity index (χ4n) is 4.43. The van der Waals surface area contributed by atoms with Gasteiger partial charge in [0.05, 0.1) is 10.9 Å². The highest BCUT2D eigenvalue weighted by Gasteiger charge is 2.24. The molecule has 0 aliphatic carbocycles. The van der Waals surface area contributed by atoms with Crippen LogP contribution in [0.3, 0.4) is 0 Å². The summed E-state index contributed by atoms with van der Waals surface area (Å²) in [4.78, 5) is 42.8. The maximum Gasteiger partial charge on any atom is 0.328 e. The Hall–Kier alpha value is -2.41. The number of benzene rings is 1. The predicted molar refractivity (Wildman–Crippen MR) is 120 cm³/mol. The lowest BCUT2D eigenvalue weighted by Gasteiger charge is -2.39. The average Bonchev–Trinajstić information content (AvgIpc) is 2.72. The van der Waals surface area contributed by atoms with Crippen LogP contribution in [0.25, 0.3) is 10.9 Å². The van der Waals surface area contributed by atoms with Gasteiger partial charge in [0.2, 0.25) is 0 Å². The number of carbonyl (C=O) groups excluding carboxylic acids is 1. The smallest absolute Gasteiger partial charge is 0.328 e. The molecule has 2 N–H and O–H groups in total. The van der Waals surface area contributed by atoms with Crippen LogP contribution in [0.1, 0.15) is 69.7 Å². The van der Waals surface area contributed by atoms with Crippen molar-refractivity contribution >= 4 is 16.8 Å². The van der Waals surface area contributed by atoms with Crippen molar-refractivity contribution in [3.8, 4) is 0 Å². The number of nitrogens with one attached hydrogen (secondary N) is 2. The van der Waals surface area contributed by atoms with Gasteiger partial charge < -0.3 is 10.3 Å². The van der Waals surface area contributed by atoms with Gasteiger partial charge in [-0.1, -0.05) is 26.2 Å². The van der Waals surface area contributed by atoms with E-state index < -0.39 is 5.69 Å². The van der Waals surface area contributed by atoms with Gasteiger partial charge in [-0.25, -0.2) is 4.79 Å². The first-order valence-electron chi connectivity index (χ1n) is 11.2. The molecule has 1 aliphatic rings. The van der Waals surface area contributed by atoms with E-state index in [1.165, 1.54) is 23.8 Å². The molecular weight excluding hydrogens is 380 g/mol. The third-order valence-corrected chi connectivity index (χ3v) is 6.26. The lowest BCUT2D eigenvalue weighted by Crippen LogP contribution is -2.47. The molecule has 2 atom stereocenters.